The van der Waals surface area contributed by atoms with Gasteiger partial charge in [0, 0.05) is 48.2 Å². The zero-order chi connectivity index (χ0) is 23.3. The minimum Gasteiger partial charge on any atom is -0.497 e. The molecule has 32 heavy (non-hydrogen) atoms. The molecule has 7 nitrogen and oxygen atoms in total. The third-order valence-corrected chi connectivity index (χ3v) is 5.71. The highest BCUT2D eigenvalue weighted by molar-refractivity contribution is 5.91. The Bertz CT molecular complexity index is 1100. The maximum Gasteiger partial charge on any atom is 0.337 e. The molecule has 0 fully saturated rings. The van der Waals surface area contributed by atoms with Gasteiger partial charge in [-0.2, -0.15) is 0 Å². The molecule has 0 aliphatic heterocycles. The van der Waals surface area contributed by atoms with Crippen LogP contribution in [0.25, 0.3) is 0 Å². The Kier molecular flexibility index (Phi) is 7.43. The average molecular weight is 439 g/mol. The highest BCUT2D eigenvalue weighted by atomic mass is 16.5. The Morgan fingerprint density at radius 1 is 0.938 bits per heavy atom. The van der Waals surface area contributed by atoms with E-state index in [9.17, 15) is 9.90 Å². The molecule has 0 amide bonds. The molecule has 0 aliphatic rings. The van der Waals surface area contributed by atoms with Crippen LogP contribution in [0.1, 0.15) is 38.4 Å². The van der Waals surface area contributed by atoms with Crippen molar-refractivity contribution in [3.05, 3.63) is 76.1 Å². The summed E-state index contributed by atoms with van der Waals surface area (Å²) in [5.41, 5.74) is 4.80. The maximum absolute atomic E-state index is 12.1. The zero-order valence-corrected chi connectivity index (χ0v) is 19.2. The summed E-state index contributed by atoms with van der Waals surface area (Å²) in [6.45, 7) is 5.35. The second kappa shape index (κ2) is 10.2. The topological polar surface area (TPSA) is 82.0 Å². The van der Waals surface area contributed by atoms with Crippen molar-refractivity contribution in [1.82, 2.24) is 9.88 Å². The van der Waals surface area contributed by atoms with E-state index in [1.165, 1.54) is 0 Å². The number of aromatic carboxylic acids is 1. The van der Waals surface area contributed by atoms with Crippen LogP contribution < -0.4 is 19.5 Å². The Hall–Kier alpha value is -3.45. The number of methoxy groups -OCH3 is 3. The summed E-state index contributed by atoms with van der Waals surface area (Å²) in [4.78, 5) is 12.1. The van der Waals surface area contributed by atoms with Gasteiger partial charge in [0.05, 0.1) is 26.9 Å². The predicted molar refractivity (Wildman–Crippen MR) is 123 cm³/mol. The van der Waals surface area contributed by atoms with Crippen LogP contribution in [0.2, 0.25) is 0 Å². The number of nitrogens with zero attached hydrogens (tertiary/aromatic N) is 1. The van der Waals surface area contributed by atoms with Crippen molar-refractivity contribution in [3.8, 4) is 17.2 Å². The van der Waals surface area contributed by atoms with Gasteiger partial charge in [0.1, 0.15) is 17.2 Å². The lowest BCUT2D eigenvalue weighted by Crippen LogP contribution is -2.16. The average Bonchev–Trinajstić information content (AvgIpc) is 3.03. The van der Waals surface area contributed by atoms with Gasteiger partial charge >= 0.3 is 5.97 Å². The van der Waals surface area contributed by atoms with Crippen LogP contribution in [0.15, 0.2) is 42.5 Å². The van der Waals surface area contributed by atoms with Gasteiger partial charge in [-0.25, -0.2) is 4.79 Å². The van der Waals surface area contributed by atoms with Gasteiger partial charge in [0.15, 0.2) is 0 Å². The van der Waals surface area contributed by atoms with Crippen molar-refractivity contribution in [1.29, 1.82) is 0 Å². The summed E-state index contributed by atoms with van der Waals surface area (Å²) in [6, 6.07) is 13.5. The highest BCUT2D eigenvalue weighted by Gasteiger charge is 2.22. The van der Waals surface area contributed by atoms with E-state index in [1.54, 1.807) is 21.3 Å². The lowest BCUT2D eigenvalue weighted by Gasteiger charge is -2.12. The molecule has 0 aliphatic carbocycles. The molecule has 170 valence electrons. The van der Waals surface area contributed by atoms with Crippen molar-refractivity contribution in [2.75, 3.05) is 21.3 Å². The lowest BCUT2D eigenvalue weighted by molar-refractivity contribution is 0.0694. The SMILES string of the molecule is COc1cccc(Cn2c(C)c(CNCc3ccc(OC)cc3OC)c(C(=O)O)c2C)c1. The van der Waals surface area contributed by atoms with E-state index in [4.69, 9.17) is 14.2 Å². The lowest BCUT2D eigenvalue weighted by atomic mass is 10.1. The van der Waals surface area contributed by atoms with Crippen LogP contribution in [0.3, 0.4) is 0 Å². The van der Waals surface area contributed by atoms with Crippen LogP contribution >= 0.6 is 0 Å². The van der Waals surface area contributed by atoms with Gasteiger partial charge < -0.3 is 29.2 Å². The molecule has 0 atom stereocenters. The molecular formula is C25H30N2O5. The number of nitrogens with one attached hydrogen (secondary N) is 1. The summed E-state index contributed by atoms with van der Waals surface area (Å²) in [6.07, 6.45) is 0. The van der Waals surface area contributed by atoms with E-state index in [1.807, 2.05) is 60.9 Å². The Balaban J connectivity index is 1.83. The number of benzene rings is 2. The fourth-order valence-electron chi connectivity index (χ4n) is 3.96. The van der Waals surface area contributed by atoms with Crippen molar-refractivity contribution in [3.63, 3.8) is 0 Å². The van der Waals surface area contributed by atoms with Crippen LogP contribution in [-0.4, -0.2) is 37.0 Å². The molecular weight excluding hydrogens is 408 g/mol. The number of rotatable bonds is 10. The van der Waals surface area contributed by atoms with Crippen molar-refractivity contribution < 1.29 is 24.1 Å². The first-order valence-corrected chi connectivity index (χ1v) is 10.4. The number of carbonyl (C=O) groups is 1. The second-order valence-electron chi connectivity index (χ2n) is 7.55. The van der Waals surface area contributed by atoms with Crippen LogP contribution in [0.5, 0.6) is 17.2 Å². The van der Waals surface area contributed by atoms with Crippen molar-refractivity contribution >= 4 is 5.97 Å². The van der Waals surface area contributed by atoms with Gasteiger partial charge in [-0.1, -0.05) is 18.2 Å². The molecule has 0 unspecified atom stereocenters. The molecule has 0 spiro atoms. The standard InChI is InChI=1S/C25H30N2O5/c1-16-22(14-26-13-19-9-10-21(31-4)12-23(19)32-5)24(25(28)29)17(2)27(16)15-18-7-6-8-20(11-18)30-3/h6-12,26H,13-15H2,1-5H3,(H,28,29). The van der Waals surface area contributed by atoms with E-state index < -0.39 is 5.97 Å². The summed E-state index contributed by atoms with van der Waals surface area (Å²) in [7, 11) is 4.86. The minimum atomic E-state index is -0.922. The van der Waals surface area contributed by atoms with E-state index >= 15 is 0 Å². The van der Waals surface area contributed by atoms with Gasteiger partial charge in [0.2, 0.25) is 0 Å². The monoisotopic (exact) mass is 438 g/mol. The number of hydrogen-bond donors (Lipinski definition) is 2. The quantitative estimate of drug-likeness (QED) is 0.495. The summed E-state index contributed by atoms with van der Waals surface area (Å²) in [5.74, 6) is 1.30. The molecule has 0 saturated carbocycles. The normalized spacial score (nSPS) is 10.8. The number of aromatic nitrogens is 1. The van der Waals surface area contributed by atoms with E-state index in [0.717, 1.165) is 45.3 Å². The fourth-order valence-corrected chi connectivity index (χ4v) is 3.96. The molecule has 1 aromatic heterocycles. The third-order valence-electron chi connectivity index (χ3n) is 5.71. The fraction of sp³-hybridized carbons (Fsp3) is 0.320. The summed E-state index contributed by atoms with van der Waals surface area (Å²) in [5, 5.41) is 13.3. The molecule has 3 aromatic rings. The number of ether oxygens (including phenoxy) is 3. The maximum atomic E-state index is 12.1. The molecule has 3 rings (SSSR count). The van der Waals surface area contributed by atoms with Crippen LogP contribution in [0.4, 0.5) is 0 Å². The summed E-state index contributed by atoms with van der Waals surface area (Å²) >= 11 is 0. The number of carboxylic acids is 1. The predicted octanol–water partition coefficient (Wildman–Crippen LogP) is 4.17. The molecule has 0 bridgehead atoms. The van der Waals surface area contributed by atoms with Gasteiger partial charge in [-0.15, -0.1) is 0 Å². The number of hydrogen-bond acceptors (Lipinski definition) is 5. The molecule has 0 saturated heterocycles. The van der Waals surface area contributed by atoms with Crippen molar-refractivity contribution in [2.24, 2.45) is 0 Å². The zero-order valence-electron chi connectivity index (χ0n) is 19.2. The molecule has 2 N–H and O–H groups in total. The third kappa shape index (κ3) is 4.89. The Morgan fingerprint density at radius 2 is 1.66 bits per heavy atom. The van der Waals surface area contributed by atoms with E-state index in [0.29, 0.717) is 25.2 Å². The second-order valence-corrected chi connectivity index (χ2v) is 7.55. The van der Waals surface area contributed by atoms with Gasteiger partial charge in [-0.3, -0.25) is 0 Å². The Morgan fingerprint density at radius 3 is 2.31 bits per heavy atom. The number of carboxylic acid groups (broad SMARTS) is 1. The first-order valence-electron chi connectivity index (χ1n) is 10.4. The molecule has 0 radical (unpaired) electrons. The van der Waals surface area contributed by atoms with Gasteiger partial charge in [0.25, 0.3) is 0 Å². The minimum absolute atomic E-state index is 0.347. The molecule has 7 heteroatoms. The summed E-state index contributed by atoms with van der Waals surface area (Å²) < 4.78 is 18.1. The van der Waals surface area contributed by atoms with Crippen LogP contribution in [-0.2, 0) is 19.6 Å². The highest BCUT2D eigenvalue weighted by Crippen LogP contribution is 2.27. The molecule has 2 aromatic carbocycles. The smallest absolute Gasteiger partial charge is 0.337 e. The molecule has 1 heterocycles. The van der Waals surface area contributed by atoms with Gasteiger partial charge in [-0.05, 0) is 37.6 Å². The Labute approximate surface area is 188 Å². The van der Waals surface area contributed by atoms with Crippen LogP contribution in [0, 0.1) is 13.8 Å². The van der Waals surface area contributed by atoms with Crippen molar-refractivity contribution in [2.45, 2.75) is 33.5 Å². The first kappa shape index (κ1) is 23.2. The van der Waals surface area contributed by atoms with E-state index in [-0.39, 0.29) is 0 Å². The largest absolute Gasteiger partial charge is 0.497 e. The first-order chi connectivity index (χ1) is 15.4. The van der Waals surface area contributed by atoms with E-state index in [2.05, 4.69) is 5.32 Å².